The molecule has 0 fully saturated rings. The molecule has 1 aromatic carbocycles. The largest absolute Gasteiger partial charge is 0.379 e. The number of imidazole rings is 2. The molecule has 2 heterocycles. The van der Waals surface area contributed by atoms with Gasteiger partial charge in [0.2, 0.25) is 0 Å². The van der Waals surface area contributed by atoms with Crippen molar-refractivity contribution in [2.24, 2.45) is 0 Å². The molecule has 0 aliphatic heterocycles. The van der Waals surface area contributed by atoms with Gasteiger partial charge in [-0.25, -0.2) is 9.97 Å². The zero-order valence-corrected chi connectivity index (χ0v) is 11.4. The molecule has 102 valence electrons. The van der Waals surface area contributed by atoms with Crippen LogP contribution in [0.25, 0.3) is 0 Å². The van der Waals surface area contributed by atoms with Gasteiger partial charge in [-0.3, -0.25) is 0 Å². The molecule has 0 bridgehead atoms. The van der Waals surface area contributed by atoms with Crippen molar-refractivity contribution in [2.75, 3.05) is 5.32 Å². The fourth-order valence-electron chi connectivity index (χ4n) is 2.13. The van der Waals surface area contributed by atoms with E-state index in [4.69, 9.17) is 0 Å². The Balaban J connectivity index is 1.65. The van der Waals surface area contributed by atoms with Crippen molar-refractivity contribution in [1.29, 1.82) is 0 Å². The SMILES string of the molecule is Cc1ncc(CNc2cccc(Cn3ccnc3)c2)[nH]1. The van der Waals surface area contributed by atoms with Gasteiger partial charge in [0.1, 0.15) is 5.82 Å². The van der Waals surface area contributed by atoms with E-state index in [-0.39, 0.29) is 0 Å². The maximum Gasteiger partial charge on any atom is 0.103 e. The van der Waals surface area contributed by atoms with Crippen LogP contribution < -0.4 is 5.32 Å². The number of benzene rings is 1. The molecule has 20 heavy (non-hydrogen) atoms. The smallest absolute Gasteiger partial charge is 0.103 e. The molecule has 5 nitrogen and oxygen atoms in total. The Labute approximate surface area is 117 Å². The molecule has 0 aliphatic rings. The number of hydrogen-bond donors (Lipinski definition) is 2. The van der Waals surface area contributed by atoms with Gasteiger partial charge in [-0.2, -0.15) is 0 Å². The van der Waals surface area contributed by atoms with Gasteiger partial charge in [0.15, 0.2) is 0 Å². The minimum Gasteiger partial charge on any atom is -0.379 e. The molecule has 0 unspecified atom stereocenters. The Hall–Kier alpha value is -2.56. The number of nitrogens with zero attached hydrogens (tertiary/aromatic N) is 3. The van der Waals surface area contributed by atoms with Gasteiger partial charge < -0.3 is 14.9 Å². The fraction of sp³-hybridized carbons (Fsp3) is 0.200. The van der Waals surface area contributed by atoms with Gasteiger partial charge >= 0.3 is 0 Å². The van der Waals surface area contributed by atoms with Crippen LogP contribution >= 0.6 is 0 Å². The minimum atomic E-state index is 0.745. The first kappa shape index (κ1) is 12.5. The lowest BCUT2D eigenvalue weighted by Gasteiger charge is -2.08. The molecule has 0 saturated heterocycles. The average Bonchev–Trinajstić information content (AvgIpc) is 3.09. The number of hydrogen-bond acceptors (Lipinski definition) is 3. The molecule has 5 heteroatoms. The van der Waals surface area contributed by atoms with E-state index >= 15 is 0 Å². The van der Waals surface area contributed by atoms with Gasteiger partial charge in [0.05, 0.1) is 24.8 Å². The highest BCUT2D eigenvalue weighted by Gasteiger charge is 1.99. The summed E-state index contributed by atoms with van der Waals surface area (Å²) in [7, 11) is 0. The average molecular weight is 267 g/mol. The van der Waals surface area contributed by atoms with Crippen LogP contribution in [-0.4, -0.2) is 19.5 Å². The van der Waals surface area contributed by atoms with Crippen LogP contribution in [0.15, 0.2) is 49.2 Å². The summed E-state index contributed by atoms with van der Waals surface area (Å²) >= 11 is 0. The van der Waals surface area contributed by atoms with Crippen LogP contribution in [0.5, 0.6) is 0 Å². The number of anilines is 1. The maximum atomic E-state index is 4.19. The second-order valence-electron chi connectivity index (χ2n) is 4.78. The van der Waals surface area contributed by atoms with E-state index in [1.165, 1.54) is 5.56 Å². The van der Waals surface area contributed by atoms with Crippen molar-refractivity contribution in [3.63, 3.8) is 0 Å². The zero-order chi connectivity index (χ0) is 13.8. The van der Waals surface area contributed by atoms with E-state index in [0.717, 1.165) is 30.3 Å². The number of aromatic amines is 1. The van der Waals surface area contributed by atoms with Crippen molar-refractivity contribution in [3.05, 3.63) is 66.3 Å². The van der Waals surface area contributed by atoms with Crippen LogP contribution in [0.2, 0.25) is 0 Å². The standard InChI is InChI=1S/C15H17N5/c1-12-17-8-15(19-12)9-18-14-4-2-3-13(7-14)10-20-6-5-16-11-20/h2-8,11,18H,9-10H2,1H3,(H,17,19). The van der Waals surface area contributed by atoms with Crippen molar-refractivity contribution in [1.82, 2.24) is 19.5 Å². The summed E-state index contributed by atoms with van der Waals surface area (Å²) in [5.41, 5.74) is 3.44. The third-order valence-corrected chi connectivity index (χ3v) is 3.09. The number of aryl methyl sites for hydroxylation is 1. The molecule has 0 amide bonds. The lowest BCUT2D eigenvalue weighted by molar-refractivity contribution is 0.797. The van der Waals surface area contributed by atoms with E-state index in [2.05, 4.69) is 49.1 Å². The Morgan fingerprint density at radius 2 is 2.30 bits per heavy atom. The Bertz CT molecular complexity index is 669. The second-order valence-corrected chi connectivity index (χ2v) is 4.78. The highest BCUT2D eigenvalue weighted by Crippen LogP contribution is 2.13. The molecule has 0 radical (unpaired) electrons. The summed E-state index contributed by atoms with van der Waals surface area (Å²) in [5, 5.41) is 3.40. The van der Waals surface area contributed by atoms with Gasteiger partial charge in [0, 0.05) is 24.6 Å². The molecule has 2 aromatic heterocycles. The van der Waals surface area contributed by atoms with Crippen molar-refractivity contribution >= 4 is 5.69 Å². The summed E-state index contributed by atoms with van der Waals surface area (Å²) in [4.78, 5) is 11.5. The molecule has 0 spiro atoms. The zero-order valence-electron chi connectivity index (χ0n) is 11.4. The van der Waals surface area contributed by atoms with Gasteiger partial charge in [-0.05, 0) is 24.6 Å². The normalized spacial score (nSPS) is 10.7. The van der Waals surface area contributed by atoms with Crippen LogP contribution in [0.3, 0.4) is 0 Å². The first-order chi connectivity index (χ1) is 9.79. The third kappa shape index (κ3) is 3.06. The summed E-state index contributed by atoms with van der Waals surface area (Å²) in [6.45, 7) is 3.53. The molecule has 3 aromatic rings. The lowest BCUT2D eigenvalue weighted by atomic mass is 10.2. The number of H-pyrrole nitrogens is 1. The van der Waals surface area contributed by atoms with Crippen LogP contribution in [-0.2, 0) is 13.1 Å². The molecular formula is C15H17N5. The monoisotopic (exact) mass is 267 g/mol. The van der Waals surface area contributed by atoms with E-state index in [0.29, 0.717) is 0 Å². The topological polar surface area (TPSA) is 58.5 Å². The number of nitrogens with one attached hydrogen (secondary N) is 2. The predicted octanol–water partition coefficient (Wildman–Crippen LogP) is 2.58. The Morgan fingerprint density at radius 1 is 1.35 bits per heavy atom. The maximum absolute atomic E-state index is 4.19. The first-order valence-corrected chi connectivity index (χ1v) is 6.58. The second kappa shape index (κ2) is 5.61. The van der Waals surface area contributed by atoms with Gasteiger partial charge in [-0.1, -0.05) is 12.1 Å². The van der Waals surface area contributed by atoms with Crippen molar-refractivity contribution < 1.29 is 0 Å². The predicted molar refractivity (Wildman–Crippen MR) is 78.4 cm³/mol. The summed E-state index contributed by atoms with van der Waals surface area (Å²) in [6, 6.07) is 8.40. The summed E-state index contributed by atoms with van der Waals surface area (Å²) < 4.78 is 2.05. The third-order valence-electron chi connectivity index (χ3n) is 3.09. The number of rotatable bonds is 5. The molecule has 2 N–H and O–H groups in total. The summed E-state index contributed by atoms with van der Waals surface area (Å²) in [6.07, 6.45) is 7.45. The fourth-order valence-corrected chi connectivity index (χ4v) is 2.13. The Morgan fingerprint density at radius 3 is 3.05 bits per heavy atom. The molecular weight excluding hydrogens is 250 g/mol. The highest BCUT2D eigenvalue weighted by molar-refractivity contribution is 5.46. The first-order valence-electron chi connectivity index (χ1n) is 6.58. The van der Waals surface area contributed by atoms with Crippen LogP contribution in [0.1, 0.15) is 17.1 Å². The highest BCUT2D eigenvalue weighted by atomic mass is 15.0. The van der Waals surface area contributed by atoms with E-state index < -0.39 is 0 Å². The van der Waals surface area contributed by atoms with Crippen molar-refractivity contribution in [3.8, 4) is 0 Å². The van der Waals surface area contributed by atoms with E-state index in [9.17, 15) is 0 Å². The number of aromatic nitrogens is 4. The lowest BCUT2D eigenvalue weighted by Crippen LogP contribution is -2.01. The van der Waals surface area contributed by atoms with Crippen molar-refractivity contribution in [2.45, 2.75) is 20.0 Å². The molecule has 0 aliphatic carbocycles. The van der Waals surface area contributed by atoms with Gasteiger partial charge in [0.25, 0.3) is 0 Å². The molecule has 0 saturated carbocycles. The van der Waals surface area contributed by atoms with Gasteiger partial charge in [-0.15, -0.1) is 0 Å². The molecule has 0 atom stereocenters. The molecule has 3 rings (SSSR count). The summed E-state index contributed by atoms with van der Waals surface area (Å²) in [5.74, 6) is 0.940. The van der Waals surface area contributed by atoms with Crippen LogP contribution in [0.4, 0.5) is 5.69 Å². The van der Waals surface area contributed by atoms with Crippen LogP contribution in [0, 0.1) is 6.92 Å². The minimum absolute atomic E-state index is 0.745. The van der Waals surface area contributed by atoms with E-state index in [1.54, 1.807) is 6.20 Å². The van der Waals surface area contributed by atoms with E-state index in [1.807, 2.05) is 25.6 Å². The Kier molecular flexibility index (Phi) is 3.50. The quantitative estimate of drug-likeness (QED) is 0.747.